The number of aliphatic imine (C=N–C) groups is 1. The van der Waals surface area contributed by atoms with Crippen LogP contribution in [0.2, 0.25) is 0 Å². The highest BCUT2D eigenvalue weighted by Gasteiger charge is 2.28. The van der Waals surface area contributed by atoms with Crippen molar-refractivity contribution in [2.24, 2.45) is 4.99 Å². The fourth-order valence-electron chi connectivity index (χ4n) is 2.05. The molecular weight excluding hydrogens is 432 g/mol. The summed E-state index contributed by atoms with van der Waals surface area (Å²) >= 11 is 0. The monoisotopic (exact) mass is 458 g/mol. The molecule has 0 saturated carbocycles. The van der Waals surface area contributed by atoms with Gasteiger partial charge in [-0.05, 0) is 32.5 Å². The Morgan fingerprint density at radius 1 is 1.17 bits per heavy atom. The molecule has 0 radical (unpaired) electrons. The smallest absolute Gasteiger partial charge is 0.356 e. The summed E-state index contributed by atoms with van der Waals surface area (Å²) in [6.07, 6.45) is -3.54. The van der Waals surface area contributed by atoms with Crippen LogP contribution in [0.15, 0.2) is 29.3 Å². The molecule has 0 heterocycles. The van der Waals surface area contributed by atoms with E-state index < -0.39 is 12.7 Å². The highest BCUT2D eigenvalue weighted by Crippen LogP contribution is 2.15. The van der Waals surface area contributed by atoms with Crippen LogP contribution in [0.4, 0.5) is 13.2 Å². The molecule has 0 bridgehead atoms. The van der Waals surface area contributed by atoms with Crippen molar-refractivity contribution in [1.82, 2.24) is 15.5 Å². The van der Waals surface area contributed by atoms with E-state index in [1.54, 1.807) is 7.05 Å². The number of guanidine groups is 1. The number of hydrogen-bond acceptors (Lipinski definition) is 2. The standard InChI is InChI=1S/C16H25F3N4.HI/c1-13-5-7-14(8-6-13)11-22-15(20-2)21-9-4-10-23(3)12-16(17,18)19;/h5-8H,4,9-12H2,1-3H3,(H2,20,21,22);1H. The van der Waals surface area contributed by atoms with Gasteiger partial charge in [0.15, 0.2) is 5.96 Å². The second kappa shape index (κ2) is 11.5. The Kier molecular flexibility index (Phi) is 11.0. The Labute approximate surface area is 158 Å². The van der Waals surface area contributed by atoms with Crippen molar-refractivity contribution in [3.63, 3.8) is 0 Å². The molecule has 0 unspecified atom stereocenters. The van der Waals surface area contributed by atoms with Gasteiger partial charge < -0.3 is 10.6 Å². The fourth-order valence-corrected chi connectivity index (χ4v) is 2.05. The minimum Gasteiger partial charge on any atom is -0.356 e. The maximum atomic E-state index is 12.2. The summed E-state index contributed by atoms with van der Waals surface area (Å²) in [6.45, 7) is 2.74. The summed E-state index contributed by atoms with van der Waals surface area (Å²) < 4.78 is 36.6. The van der Waals surface area contributed by atoms with Crippen LogP contribution in [0.3, 0.4) is 0 Å². The molecule has 2 N–H and O–H groups in total. The number of aryl methyl sites for hydroxylation is 1. The van der Waals surface area contributed by atoms with E-state index in [2.05, 4.69) is 15.6 Å². The number of nitrogens with zero attached hydrogens (tertiary/aromatic N) is 2. The molecule has 1 aromatic rings. The van der Waals surface area contributed by atoms with Crippen molar-refractivity contribution in [2.45, 2.75) is 26.1 Å². The summed E-state index contributed by atoms with van der Waals surface area (Å²) in [7, 11) is 3.14. The van der Waals surface area contributed by atoms with Gasteiger partial charge in [-0.25, -0.2) is 0 Å². The van der Waals surface area contributed by atoms with Crippen molar-refractivity contribution in [1.29, 1.82) is 0 Å². The van der Waals surface area contributed by atoms with Crippen LogP contribution in [0, 0.1) is 6.92 Å². The lowest BCUT2D eigenvalue weighted by molar-refractivity contribution is -0.143. The predicted octanol–water partition coefficient (Wildman–Crippen LogP) is 3.16. The number of rotatable bonds is 7. The average molecular weight is 458 g/mol. The Bertz CT molecular complexity index is 489. The lowest BCUT2D eigenvalue weighted by atomic mass is 10.1. The third-order valence-corrected chi connectivity index (χ3v) is 3.26. The summed E-state index contributed by atoms with van der Waals surface area (Å²) in [6, 6.07) is 8.18. The average Bonchev–Trinajstić information content (AvgIpc) is 2.46. The van der Waals surface area contributed by atoms with Crippen LogP contribution in [0.25, 0.3) is 0 Å². The van der Waals surface area contributed by atoms with Crippen molar-refractivity contribution in [2.75, 3.05) is 33.7 Å². The molecule has 138 valence electrons. The first-order valence-corrected chi connectivity index (χ1v) is 7.55. The summed E-state index contributed by atoms with van der Waals surface area (Å²) in [5.41, 5.74) is 2.35. The van der Waals surface area contributed by atoms with Crippen LogP contribution in [-0.4, -0.2) is 50.8 Å². The van der Waals surface area contributed by atoms with Crippen LogP contribution < -0.4 is 10.6 Å². The lowest BCUT2D eigenvalue weighted by Crippen LogP contribution is -2.39. The van der Waals surface area contributed by atoms with Crippen LogP contribution in [-0.2, 0) is 6.54 Å². The Morgan fingerprint density at radius 2 is 1.79 bits per heavy atom. The zero-order valence-electron chi connectivity index (χ0n) is 14.3. The zero-order chi connectivity index (χ0) is 17.3. The van der Waals surface area contributed by atoms with Crippen molar-refractivity contribution in [3.05, 3.63) is 35.4 Å². The molecule has 0 amide bonds. The first-order valence-electron chi connectivity index (χ1n) is 7.55. The lowest BCUT2D eigenvalue weighted by Gasteiger charge is -2.19. The second-order valence-corrected chi connectivity index (χ2v) is 5.54. The van der Waals surface area contributed by atoms with Gasteiger partial charge in [-0.15, -0.1) is 24.0 Å². The summed E-state index contributed by atoms with van der Waals surface area (Å²) in [5.74, 6) is 0.643. The van der Waals surface area contributed by atoms with Gasteiger partial charge in [0, 0.05) is 20.1 Å². The molecule has 1 rings (SSSR count). The zero-order valence-corrected chi connectivity index (χ0v) is 16.6. The Morgan fingerprint density at radius 3 is 2.33 bits per heavy atom. The molecule has 1 aromatic carbocycles. The number of halogens is 4. The molecule has 8 heteroatoms. The molecule has 24 heavy (non-hydrogen) atoms. The van der Waals surface area contributed by atoms with Gasteiger partial charge in [-0.1, -0.05) is 29.8 Å². The molecule has 0 atom stereocenters. The van der Waals surface area contributed by atoms with Crippen LogP contribution in [0.1, 0.15) is 17.5 Å². The molecular formula is C16H26F3IN4. The minimum absolute atomic E-state index is 0. The SMILES string of the molecule is CN=C(NCCCN(C)CC(F)(F)F)NCc1ccc(C)cc1.I. The van der Waals surface area contributed by atoms with Crippen LogP contribution in [0.5, 0.6) is 0 Å². The molecule has 0 aliphatic carbocycles. The van der Waals surface area contributed by atoms with Crippen molar-refractivity contribution in [3.8, 4) is 0 Å². The number of hydrogen-bond donors (Lipinski definition) is 2. The topological polar surface area (TPSA) is 39.7 Å². The van der Waals surface area contributed by atoms with E-state index in [0.717, 1.165) is 5.56 Å². The molecule has 0 fully saturated rings. The van der Waals surface area contributed by atoms with Crippen molar-refractivity contribution >= 4 is 29.9 Å². The molecule has 0 spiro atoms. The van der Waals surface area contributed by atoms with Crippen molar-refractivity contribution < 1.29 is 13.2 Å². The third-order valence-electron chi connectivity index (χ3n) is 3.26. The highest BCUT2D eigenvalue weighted by atomic mass is 127. The van der Waals surface area contributed by atoms with Gasteiger partial charge >= 0.3 is 6.18 Å². The van der Waals surface area contributed by atoms with E-state index in [4.69, 9.17) is 0 Å². The fraction of sp³-hybridized carbons (Fsp3) is 0.562. The van der Waals surface area contributed by atoms with Gasteiger partial charge in [0.05, 0.1) is 6.54 Å². The first-order chi connectivity index (χ1) is 10.8. The normalized spacial score (nSPS) is 12.0. The molecule has 0 aromatic heterocycles. The number of benzene rings is 1. The molecule has 0 aliphatic heterocycles. The first kappa shape index (κ1) is 23.0. The largest absolute Gasteiger partial charge is 0.401 e. The second-order valence-electron chi connectivity index (χ2n) is 5.54. The maximum absolute atomic E-state index is 12.2. The summed E-state index contributed by atoms with van der Waals surface area (Å²) in [5, 5.41) is 6.28. The van der Waals surface area contributed by atoms with E-state index in [0.29, 0.717) is 32.0 Å². The van der Waals surface area contributed by atoms with E-state index >= 15 is 0 Å². The molecule has 4 nitrogen and oxygen atoms in total. The minimum atomic E-state index is -4.15. The number of alkyl halides is 3. The van der Waals surface area contributed by atoms with Gasteiger partial charge in [-0.3, -0.25) is 9.89 Å². The third kappa shape index (κ3) is 10.7. The van der Waals surface area contributed by atoms with Crippen LogP contribution >= 0.6 is 24.0 Å². The maximum Gasteiger partial charge on any atom is 0.401 e. The summed E-state index contributed by atoms with van der Waals surface area (Å²) in [4.78, 5) is 5.37. The van der Waals surface area contributed by atoms with E-state index in [-0.39, 0.29) is 24.0 Å². The van der Waals surface area contributed by atoms with E-state index in [9.17, 15) is 13.2 Å². The Balaban J connectivity index is 0.00000529. The van der Waals surface area contributed by atoms with Gasteiger partial charge in [0.2, 0.25) is 0 Å². The van der Waals surface area contributed by atoms with Gasteiger partial charge in [-0.2, -0.15) is 13.2 Å². The van der Waals surface area contributed by atoms with E-state index in [1.807, 2.05) is 31.2 Å². The Hall–Kier alpha value is -1.03. The molecule has 0 saturated heterocycles. The quantitative estimate of drug-likeness (QED) is 0.286. The highest BCUT2D eigenvalue weighted by molar-refractivity contribution is 14.0. The van der Waals surface area contributed by atoms with E-state index in [1.165, 1.54) is 17.5 Å². The van der Waals surface area contributed by atoms with Gasteiger partial charge in [0.1, 0.15) is 0 Å². The molecule has 0 aliphatic rings. The number of nitrogens with one attached hydrogen (secondary N) is 2. The predicted molar refractivity (Wildman–Crippen MR) is 103 cm³/mol. The van der Waals surface area contributed by atoms with Gasteiger partial charge in [0.25, 0.3) is 0 Å².